The lowest BCUT2D eigenvalue weighted by molar-refractivity contribution is -0.384. The summed E-state index contributed by atoms with van der Waals surface area (Å²) in [5.74, 6) is -5.34. The molecular weight excluding hydrogens is 488 g/mol. The molecule has 0 saturated carbocycles. The number of nitrogens with zero attached hydrogens (tertiary/aromatic N) is 2. The number of rotatable bonds is 3. The van der Waals surface area contributed by atoms with Crippen LogP contribution in [0, 0.1) is 22.0 Å². The van der Waals surface area contributed by atoms with Crippen molar-refractivity contribution in [3.05, 3.63) is 105 Å². The third kappa shape index (κ3) is 2.81. The number of carbonyl (C=O) groups is 4. The Hall–Kier alpha value is -4.21. The van der Waals surface area contributed by atoms with Gasteiger partial charge in [0.1, 0.15) is 0 Å². The number of Topliss-reactive ketones (excluding diaryl/α,β-unsaturated/α-hetero) is 2. The minimum Gasteiger partial charge on any atom is -0.349 e. The SMILES string of the molecule is O=C1[C@@H]2[C@@H](c3ccc(Cl)cc3)OC3(C(=O)c4ccccc4C3=O)[C@H]2C(=O)N1c1ccc([N+](=O)[O-])cc1. The van der Waals surface area contributed by atoms with Gasteiger partial charge in [0.15, 0.2) is 0 Å². The van der Waals surface area contributed by atoms with E-state index in [0.717, 1.165) is 4.90 Å². The van der Waals surface area contributed by atoms with Gasteiger partial charge < -0.3 is 4.74 Å². The van der Waals surface area contributed by atoms with Crippen LogP contribution >= 0.6 is 11.6 Å². The van der Waals surface area contributed by atoms with E-state index in [4.69, 9.17) is 16.3 Å². The maximum absolute atomic E-state index is 13.8. The zero-order chi connectivity index (χ0) is 25.4. The summed E-state index contributed by atoms with van der Waals surface area (Å²) >= 11 is 6.02. The van der Waals surface area contributed by atoms with Crippen molar-refractivity contribution in [1.29, 1.82) is 0 Å². The minimum absolute atomic E-state index is 0.102. The summed E-state index contributed by atoms with van der Waals surface area (Å²) in [7, 11) is 0. The standard InChI is InChI=1S/C26H15ClN2O7/c27-14-7-5-13(6-8-14)21-19-20(26(36-21)22(30)17-3-1-2-4-18(17)23(26)31)25(33)28(24(19)32)15-9-11-16(12-10-15)29(34)35/h1-12,19-21H/t19-,20+,21+/m0/s1. The molecule has 2 amide bonds. The molecular formula is C26H15ClN2O7. The van der Waals surface area contributed by atoms with Crippen LogP contribution < -0.4 is 4.90 Å². The highest BCUT2D eigenvalue weighted by atomic mass is 35.5. The Morgan fingerprint density at radius 1 is 0.833 bits per heavy atom. The van der Waals surface area contributed by atoms with Crippen molar-refractivity contribution in [3.63, 3.8) is 0 Å². The Bertz CT molecular complexity index is 1460. The second-order valence-corrected chi connectivity index (χ2v) is 9.25. The van der Waals surface area contributed by atoms with Gasteiger partial charge >= 0.3 is 0 Å². The molecule has 1 aliphatic carbocycles. The molecule has 2 fully saturated rings. The molecule has 6 rings (SSSR count). The first kappa shape index (κ1) is 22.3. The van der Waals surface area contributed by atoms with Gasteiger partial charge in [-0.25, -0.2) is 4.90 Å². The summed E-state index contributed by atoms with van der Waals surface area (Å²) in [6.07, 6.45) is -1.08. The number of nitro benzene ring substituents is 1. The van der Waals surface area contributed by atoms with Crippen LogP contribution in [0.4, 0.5) is 11.4 Å². The number of anilines is 1. The number of nitro groups is 1. The second kappa shape index (κ2) is 7.64. The number of imide groups is 1. The maximum Gasteiger partial charge on any atom is 0.269 e. The molecule has 2 aliphatic heterocycles. The number of ketones is 2. The van der Waals surface area contributed by atoms with Crippen LogP contribution in [0.2, 0.25) is 5.02 Å². The van der Waals surface area contributed by atoms with E-state index in [0.29, 0.717) is 10.6 Å². The predicted octanol–water partition coefficient (Wildman–Crippen LogP) is 3.94. The van der Waals surface area contributed by atoms with Crippen molar-refractivity contribution in [2.45, 2.75) is 11.7 Å². The molecule has 0 radical (unpaired) electrons. The fourth-order valence-corrected chi connectivity index (χ4v) is 5.57. The van der Waals surface area contributed by atoms with Gasteiger partial charge in [0, 0.05) is 28.3 Å². The van der Waals surface area contributed by atoms with Gasteiger partial charge in [-0.15, -0.1) is 0 Å². The average molecular weight is 503 g/mol. The van der Waals surface area contributed by atoms with Crippen molar-refractivity contribution in [2.24, 2.45) is 11.8 Å². The summed E-state index contributed by atoms with van der Waals surface area (Å²) in [4.78, 5) is 66.3. The van der Waals surface area contributed by atoms with Crippen molar-refractivity contribution in [3.8, 4) is 0 Å². The zero-order valence-corrected chi connectivity index (χ0v) is 19.0. The molecule has 9 nitrogen and oxygen atoms in total. The largest absolute Gasteiger partial charge is 0.349 e. The maximum atomic E-state index is 13.8. The number of ether oxygens (including phenoxy) is 1. The topological polar surface area (TPSA) is 124 Å². The van der Waals surface area contributed by atoms with Crippen molar-refractivity contribution < 1.29 is 28.8 Å². The third-order valence-electron chi connectivity index (χ3n) is 7.04. The van der Waals surface area contributed by atoms with Crippen molar-refractivity contribution >= 4 is 46.4 Å². The molecule has 10 heteroatoms. The number of carbonyl (C=O) groups excluding carboxylic acids is 4. The molecule has 0 bridgehead atoms. The summed E-state index contributed by atoms with van der Waals surface area (Å²) in [6.45, 7) is 0. The predicted molar refractivity (Wildman–Crippen MR) is 126 cm³/mol. The number of benzene rings is 3. The normalized spacial score (nSPS) is 23.9. The fraction of sp³-hybridized carbons (Fsp3) is 0.154. The number of amides is 2. The van der Waals surface area contributed by atoms with Gasteiger partial charge in [0.25, 0.3) is 5.69 Å². The molecule has 3 aromatic carbocycles. The lowest BCUT2D eigenvalue weighted by Crippen LogP contribution is -2.51. The fourth-order valence-electron chi connectivity index (χ4n) is 5.45. The Labute approximate surface area is 208 Å². The smallest absolute Gasteiger partial charge is 0.269 e. The Balaban J connectivity index is 1.51. The van der Waals surface area contributed by atoms with Crippen LogP contribution in [0.25, 0.3) is 0 Å². The van der Waals surface area contributed by atoms with E-state index in [9.17, 15) is 29.3 Å². The number of fused-ring (bicyclic) bond motifs is 3. The van der Waals surface area contributed by atoms with Gasteiger partial charge in [-0.2, -0.15) is 0 Å². The summed E-state index contributed by atoms with van der Waals surface area (Å²) in [5, 5.41) is 11.5. The first-order valence-electron chi connectivity index (χ1n) is 11.0. The van der Waals surface area contributed by atoms with Crippen molar-refractivity contribution in [1.82, 2.24) is 0 Å². The van der Waals surface area contributed by atoms with Crippen LogP contribution in [0.3, 0.4) is 0 Å². The summed E-state index contributed by atoms with van der Waals surface area (Å²) in [5.41, 5.74) is -1.56. The van der Waals surface area contributed by atoms with Gasteiger partial charge in [0.05, 0.1) is 28.6 Å². The van der Waals surface area contributed by atoms with E-state index in [1.807, 2.05) is 0 Å². The average Bonchev–Trinajstić information content (AvgIpc) is 3.44. The minimum atomic E-state index is -2.19. The van der Waals surface area contributed by atoms with Crippen molar-refractivity contribution in [2.75, 3.05) is 4.90 Å². The van der Waals surface area contributed by atoms with Gasteiger partial charge in [0.2, 0.25) is 29.0 Å². The quantitative estimate of drug-likeness (QED) is 0.230. The lowest BCUT2D eigenvalue weighted by Gasteiger charge is -2.27. The van der Waals surface area contributed by atoms with E-state index in [-0.39, 0.29) is 22.5 Å². The molecule has 3 aromatic rings. The van der Waals surface area contributed by atoms with E-state index in [1.165, 1.54) is 36.4 Å². The molecule has 178 valence electrons. The number of hydrogen-bond donors (Lipinski definition) is 0. The molecule has 1 spiro atoms. The Morgan fingerprint density at radius 3 is 1.97 bits per heavy atom. The molecule has 3 atom stereocenters. The molecule has 0 N–H and O–H groups in total. The first-order chi connectivity index (χ1) is 17.3. The Kier molecular flexibility index (Phi) is 4.73. The first-order valence-corrected chi connectivity index (χ1v) is 11.4. The van der Waals surface area contributed by atoms with E-state index in [1.54, 1.807) is 36.4 Å². The monoisotopic (exact) mass is 502 g/mol. The van der Waals surface area contributed by atoms with E-state index in [2.05, 4.69) is 0 Å². The van der Waals surface area contributed by atoms with Crippen LogP contribution in [0.1, 0.15) is 32.4 Å². The third-order valence-corrected chi connectivity index (χ3v) is 7.29. The van der Waals surface area contributed by atoms with Gasteiger partial charge in [-0.05, 0) is 29.8 Å². The highest BCUT2D eigenvalue weighted by Gasteiger charge is 2.74. The molecule has 2 saturated heterocycles. The van der Waals surface area contributed by atoms with Crippen LogP contribution in [0.5, 0.6) is 0 Å². The summed E-state index contributed by atoms with van der Waals surface area (Å²) in [6, 6.07) is 17.5. The zero-order valence-electron chi connectivity index (χ0n) is 18.3. The molecule has 0 aromatic heterocycles. The highest BCUT2D eigenvalue weighted by Crippen LogP contribution is 2.57. The highest BCUT2D eigenvalue weighted by molar-refractivity contribution is 6.37. The number of non-ortho nitro benzene ring substituents is 1. The summed E-state index contributed by atoms with van der Waals surface area (Å²) < 4.78 is 6.19. The molecule has 0 unspecified atom stereocenters. The van der Waals surface area contributed by atoms with E-state index < -0.39 is 51.8 Å². The Morgan fingerprint density at radius 2 is 1.42 bits per heavy atom. The van der Waals surface area contributed by atoms with Gasteiger partial charge in [-0.3, -0.25) is 29.3 Å². The molecule has 2 heterocycles. The number of halogens is 1. The number of hydrogen-bond acceptors (Lipinski definition) is 7. The second-order valence-electron chi connectivity index (χ2n) is 8.82. The van der Waals surface area contributed by atoms with Gasteiger partial charge in [-0.1, -0.05) is 48.0 Å². The van der Waals surface area contributed by atoms with Crippen LogP contribution in [-0.2, 0) is 14.3 Å². The van der Waals surface area contributed by atoms with Crippen LogP contribution in [0.15, 0.2) is 72.8 Å². The molecule has 3 aliphatic rings. The lowest BCUT2D eigenvalue weighted by atomic mass is 9.77. The molecule has 36 heavy (non-hydrogen) atoms. The van der Waals surface area contributed by atoms with E-state index >= 15 is 0 Å². The van der Waals surface area contributed by atoms with Crippen LogP contribution in [-0.4, -0.2) is 33.9 Å².